The Morgan fingerprint density at radius 3 is 1.96 bits per heavy atom. The summed E-state index contributed by atoms with van der Waals surface area (Å²) in [4.78, 5) is 55.0. The first-order valence-electron chi connectivity index (χ1n) is 15.7. The minimum Gasteiger partial charge on any atom is -0.497 e. The van der Waals surface area contributed by atoms with Crippen LogP contribution in [0.15, 0.2) is 24.3 Å². The molecule has 4 atom stereocenters. The predicted molar refractivity (Wildman–Crippen MR) is 169 cm³/mol. The van der Waals surface area contributed by atoms with Crippen LogP contribution in [0, 0.1) is 5.92 Å². The van der Waals surface area contributed by atoms with Gasteiger partial charge in [-0.05, 0) is 98.8 Å². The number of hydrogen-bond donors (Lipinski definition) is 1. The Labute approximate surface area is 272 Å². The number of nitrogens with zero attached hydrogens (tertiary/aromatic N) is 2. The van der Waals surface area contributed by atoms with Crippen LogP contribution in [0.1, 0.15) is 74.3 Å². The zero-order chi connectivity index (χ0) is 34.4. The van der Waals surface area contributed by atoms with Gasteiger partial charge in [0, 0.05) is 19.6 Å². The van der Waals surface area contributed by atoms with E-state index in [4.69, 9.17) is 28.4 Å². The summed E-state index contributed by atoms with van der Waals surface area (Å²) in [5.41, 5.74) is -1.40. The van der Waals surface area contributed by atoms with E-state index in [1.165, 1.54) is 4.90 Å². The largest absolute Gasteiger partial charge is 0.509 e. The van der Waals surface area contributed by atoms with Crippen molar-refractivity contribution in [1.82, 2.24) is 15.1 Å². The molecule has 2 saturated heterocycles. The summed E-state index contributed by atoms with van der Waals surface area (Å²) in [5.74, 6) is 0.653. The fourth-order valence-corrected chi connectivity index (χ4v) is 5.16. The molecule has 2 aliphatic heterocycles. The van der Waals surface area contributed by atoms with E-state index in [1.54, 1.807) is 65.7 Å². The third-order valence-corrected chi connectivity index (χ3v) is 7.11. The number of carbonyl (C=O) groups excluding carboxylic acids is 4. The van der Waals surface area contributed by atoms with Crippen LogP contribution in [0.5, 0.6) is 5.75 Å². The Balaban J connectivity index is 1.79. The molecule has 1 aromatic carbocycles. The van der Waals surface area contributed by atoms with E-state index in [9.17, 15) is 19.2 Å². The van der Waals surface area contributed by atoms with Crippen molar-refractivity contribution >= 4 is 24.4 Å². The summed E-state index contributed by atoms with van der Waals surface area (Å²) in [6.07, 6.45) is -3.87. The van der Waals surface area contributed by atoms with Gasteiger partial charge in [0.2, 0.25) is 0 Å². The highest BCUT2D eigenvalue weighted by molar-refractivity contribution is 5.71. The molecule has 0 bridgehead atoms. The molecule has 3 rings (SSSR count). The van der Waals surface area contributed by atoms with Gasteiger partial charge in [0.25, 0.3) is 0 Å². The lowest BCUT2D eigenvalue weighted by atomic mass is 10.0. The number of carbonyl (C=O) groups is 4. The number of rotatable bonds is 7. The topological polar surface area (TPSA) is 142 Å². The van der Waals surface area contributed by atoms with Gasteiger partial charge in [-0.1, -0.05) is 12.1 Å². The first-order valence-corrected chi connectivity index (χ1v) is 15.7. The highest BCUT2D eigenvalue weighted by Crippen LogP contribution is 2.30. The molecular weight excluding hydrogens is 598 g/mol. The molecule has 0 unspecified atom stereocenters. The minimum absolute atomic E-state index is 0.00850. The molecule has 0 radical (unpaired) electrons. The van der Waals surface area contributed by atoms with E-state index in [-0.39, 0.29) is 25.4 Å². The van der Waals surface area contributed by atoms with Gasteiger partial charge in [-0.3, -0.25) is 4.90 Å². The molecule has 0 aliphatic carbocycles. The smallest absolute Gasteiger partial charge is 0.497 e. The lowest BCUT2D eigenvalue weighted by Crippen LogP contribution is -2.46. The summed E-state index contributed by atoms with van der Waals surface area (Å²) in [6, 6.07) is 6.54. The number of nitrogens with one attached hydrogen (secondary N) is 1. The lowest BCUT2D eigenvalue weighted by Gasteiger charge is -2.30. The zero-order valence-electron chi connectivity index (χ0n) is 28.8. The average Bonchev–Trinajstić information content (AvgIpc) is 3.51. The van der Waals surface area contributed by atoms with Crippen LogP contribution >= 0.6 is 0 Å². The lowest BCUT2D eigenvalue weighted by molar-refractivity contribution is -0.0518. The standard InChI is InChI=1S/C33H51N3O10/c1-31(2,3)44-28(38)35-16-15-22(19-35)18-34-27(37)43-26-24(17-21-11-13-23(41-10)14-12-21)36(29(39)45-32(4,5)6)20-25(26)42-30(40)46-33(7,8)9/h11-14,22,24-26H,15-20H2,1-10H3,(H,34,37)/t22-,24-,25+,26+/m1/s1. The second-order valence-corrected chi connectivity index (χ2v) is 14.7. The number of likely N-dealkylation sites (tertiary alicyclic amines) is 2. The Morgan fingerprint density at radius 1 is 0.804 bits per heavy atom. The van der Waals surface area contributed by atoms with Crippen LogP contribution in [0.4, 0.5) is 19.2 Å². The van der Waals surface area contributed by atoms with Crippen molar-refractivity contribution in [3.05, 3.63) is 29.8 Å². The summed E-state index contributed by atoms with van der Waals surface area (Å²) in [5, 5.41) is 2.79. The normalized spacial score (nSPS) is 21.8. The van der Waals surface area contributed by atoms with E-state index in [2.05, 4.69) is 5.32 Å². The summed E-state index contributed by atoms with van der Waals surface area (Å²) in [6.45, 7) is 16.9. The monoisotopic (exact) mass is 649 g/mol. The molecule has 0 spiro atoms. The molecule has 1 aromatic rings. The SMILES string of the molecule is COc1ccc(C[C@@H]2[C@H](OC(=O)NC[C@H]3CCN(C(=O)OC(C)(C)C)C3)[C@@H](OC(=O)OC(C)(C)C)CN2C(=O)OC(C)(C)C)cc1. The maximum atomic E-state index is 13.4. The maximum Gasteiger partial charge on any atom is 0.509 e. The van der Waals surface area contributed by atoms with Crippen LogP contribution in [0.2, 0.25) is 0 Å². The number of hydrogen-bond acceptors (Lipinski definition) is 10. The highest BCUT2D eigenvalue weighted by atomic mass is 16.7. The van der Waals surface area contributed by atoms with Crippen molar-refractivity contribution < 1.29 is 47.6 Å². The van der Waals surface area contributed by atoms with E-state index in [0.29, 0.717) is 25.3 Å². The third kappa shape index (κ3) is 11.5. The van der Waals surface area contributed by atoms with Crippen molar-refractivity contribution in [3.63, 3.8) is 0 Å². The molecule has 0 saturated carbocycles. The first-order chi connectivity index (χ1) is 21.2. The van der Waals surface area contributed by atoms with Gasteiger partial charge < -0.3 is 38.6 Å². The van der Waals surface area contributed by atoms with Gasteiger partial charge in [0.15, 0.2) is 12.2 Å². The Morgan fingerprint density at radius 2 is 1.39 bits per heavy atom. The molecule has 258 valence electrons. The quantitative estimate of drug-likeness (QED) is 0.296. The number of amides is 3. The molecule has 1 N–H and O–H groups in total. The van der Waals surface area contributed by atoms with Crippen molar-refractivity contribution in [1.29, 1.82) is 0 Å². The molecule has 2 heterocycles. The summed E-state index contributed by atoms with van der Waals surface area (Å²) in [7, 11) is 1.57. The first kappa shape index (κ1) is 36.6. The van der Waals surface area contributed by atoms with Gasteiger partial charge in [-0.2, -0.15) is 0 Å². The zero-order valence-corrected chi connectivity index (χ0v) is 28.8. The molecule has 2 aliphatic rings. The second kappa shape index (κ2) is 14.7. The van der Waals surface area contributed by atoms with Crippen LogP contribution in [-0.2, 0) is 30.1 Å². The molecule has 2 fully saturated rings. The fraction of sp³-hybridized carbons (Fsp3) is 0.697. The molecule has 13 nitrogen and oxygen atoms in total. The Bertz CT molecular complexity index is 1220. The Hall–Kier alpha value is -3.90. The van der Waals surface area contributed by atoms with Gasteiger partial charge in [0.1, 0.15) is 22.6 Å². The number of benzene rings is 1. The van der Waals surface area contributed by atoms with Crippen molar-refractivity contribution in [2.45, 2.75) is 110 Å². The van der Waals surface area contributed by atoms with Crippen LogP contribution in [0.25, 0.3) is 0 Å². The number of alkyl carbamates (subject to hydrolysis) is 1. The average molecular weight is 650 g/mol. The van der Waals surface area contributed by atoms with Gasteiger partial charge >= 0.3 is 24.4 Å². The highest BCUT2D eigenvalue weighted by Gasteiger charge is 2.50. The third-order valence-electron chi connectivity index (χ3n) is 7.11. The fourth-order valence-electron chi connectivity index (χ4n) is 5.16. The minimum atomic E-state index is -1.05. The van der Waals surface area contributed by atoms with E-state index in [0.717, 1.165) is 5.56 Å². The van der Waals surface area contributed by atoms with Crippen molar-refractivity contribution in [3.8, 4) is 5.75 Å². The summed E-state index contributed by atoms with van der Waals surface area (Å²) < 4.78 is 33.4. The van der Waals surface area contributed by atoms with Gasteiger partial charge in [-0.25, -0.2) is 19.2 Å². The van der Waals surface area contributed by atoms with Crippen LogP contribution in [0.3, 0.4) is 0 Å². The maximum absolute atomic E-state index is 13.4. The van der Waals surface area contributed by atoms with Crippen molar-refractivity contribution in [2.24, 2.45) is 5.92 Å². The molecule has 46 heavy (non-hydrogen) atoms. The second-order valence-electron chi connectivity index (χ2n) is 14.7. The molecule has 13 heteroatoms. The Kier molecular flexibility index (Phi) is 11.7. The van der Waals surface area contributed by atoms with Crippen LogP contribution < -0.4 is 10.1 Å². The van der Waals surface area contributed by atoms with Crippen LogP contribution in [-0.4, -0.2) is 103 Å². The van der Waals surface area contributed by atoms with E-state index >= 15 is 0 Å². The molecule has 0 aromatic heterocycles. The van der Waals surface area contributed by atoms with Gasteiger partial charge in [0.05, 0.1) is 19.7 Å². The number of methoxy groups -OCH3 is 1. The van der Waals surface area contributed by atoms with Gasteiger partial charge in [-0.15, -0.1) is 0 Å². The molecule has 3 amide bonds. The molecular formula is C33H51N3O10. The van der Waals surface area contributed by atoms with Crippen molar-refractivity contribution in [2.75, 3.05) is 33.3 Å². The predicted octanol–water partition coefficient (Wildman–Crippen LogP) is 5.53. The van der Waals surface area contributed by atoms with E-state index < -0.39 is 59.5 Å². The van der Waals surface area contributed by atoms with E-state index in [1.807, 2.05) is 32.9 Å². The number of ether oxygens (including phenoxy) is 6. The summed E-state index contributed by atoms with van der Waals surface area (Å²) >= 11 is 0.